The van der Waals surface area contributed by atoms with Crippen LogP contribution in [0.3, 0.4) is 0 Å². The lowest BCUT2D eigenvalue weighted by molar-refractivity contribution is -0.128. The third-order valence-electron chi connectivity index (χ3n) is 5.55. The van der Waals surface area contributed by atoms with Crippen LogP contribution >= 0.6 is 0 Å². The van der Waals surface area contributed by atoms with Crippen molar-refractivity contribution in [1.82, 2.24) is 9.21 Å². The second-order valence-electron chi connectivity index (χ2n) is 7.49. The van der Waals surface area contributed by atoms with Gasteiger partial charge in [0.05, 0.1) is 12.9 Å². The van der Waals surface area contributed by atoms with Crippen LogP contribution in [0.15, 0.2) is 24.3 Å². The van der Waals surface area contributed by atoms with Crippen LogP contribution in [-0.4, -0.2) is 56.0 Å². The van der Waals surface area contributed by atoms with Crippen LogP contribution in [0.25, 0.3) is 0 Å². The summed E-state index contributed by atoms with van der Waals surface area (Å²) in [7, 11) is -1.51. The van der Waals surface area contributed by atoms with Crippen LogP contribution in [0, 0.1) is 5.41 Å². The van der Waals surface area contributed by atoms with Gasteiger partial charge in [0.25, 0.3) is 0 Å². The van der Waals surface area contributed by atoms with Gasteiger partial charge in [-0.2, -0.15) is 0 Å². The van der Waals surface area contributed by atoms with Crippen molar-refractivity contribution in [1.29, 1.82) is 0 Å². The highest BCUT2D eigenvalue weighted by Gasteiger charge is 2.46. The Hall–Kier alpha value is -1.60. The van der Waals surface area contributed by atoms with Gasteiger partial charge < -0.3 is 9.64 Å². The molecule has 0 aromatic heterocycles. The number of hydrogen-bond acceptors (Lipinski definition) is 4. The van der Waals surface area contributed by atoms with Gasteiger partial charge in [0.15, 0.2) is 0 Å². The lowest BCUT2D eigenvalue weighted by Gasteiger charge is -2.38. The molecule has 0 unspecified atom stereocenters. The highest BCUT2D eigenvalue weighted by molar-refractivity contribution is 7.89. The number of likely N-dealkylation sites (tertiary alicyclic amines) is 1. The highest BCUT2D eigenvalue weighted by Crippen LogP contribution is 2.42. The number of rotatable bonds is 6. The summed E-state index contributed by atoms with van der Waals surface area (Å²) in [6, 6.07) is 7.78. The molecule has 2 heterocycles. The van der Waals surface area contributed by atoms with Gasteiger partial charge in [0, 0.05) is 32.6 Å². The van der Waals surface area contributed by atoms with E-state index in [4.69, 9.17) is 4.74 Å². The number of methoxy groups -OCH3 is 1. The van der Waals surface area contributed by atoms with E-state index in [2.05, 4.69) is 0 Å². The first-order valence-corrected chi connectivity index (χ1v) is 10.9. The minimum Gasteiger partial charge on any atom is -0.497 e. The molecule has 144 valence electrons. The fraction of sp³-hybridized carbons (Fsp3) is 0.632. The minimum atomic E-state index is -3.14. The SMILES string of the molecule is CCCS(=O)(=O)N1CCC2(CC1)CC(=O)N(Cc1cccc(OC)c1)C2. The maximum Gasteiger partial charge on any atom is 0.223 e. The van der Waals surface area contributed by atoms with Crippen LogP contribution in [0.4, 0.5) is 0 Å². The number of benzene rings is 1. The average molecular weight is 381 g/mol. The molecule has 7 heteroatoms. The van der Waals surface area contributed by atoms with E-state index in [1.165, 1.54) is 0 Å². The summed E-state index contributed by atoms with van der Waals surface area (Å²) in [6.45, 7) is 4.24. The summed E-state index contributed by atoms with van der Waals surface area (Å²) < 4.78 is 31.4. The maximum atomic E-state index is 12.6. The van der Waals surface area contributed by atoms with E-state index < -0.39 is 10.0 Å². The Bertz CT molecular complexity index is 755. The van der Waals surface area contributed by atoms with Gasteiger partial charge in [0.1, 0.15) is 5.75 Å². The van der Waals surface area contributed by atoms with Crippen LogP contribution in [0.1, 0.15) is 38.2 Å². The Labute approximate surface area is 156 Å². The van der Waals surface area contributed by atoms with E-state index in [-0.39, 0.29) is 17.1 Å². The van der Waals surface area contributed by atoms with E-state index >= 15 is 0 Å². The van der Waals surface area contributed by atoms with Crippen LogP contribution in [-0.2, 0) is 21.4 Å². The van der Waals surface area contributed by atoms with Gasteiger partial charge in [-0.15, -0.1) is 0 Å². The zero-order chi connectivity index (χ0) is 18.8. The van der Waals surface area contributed by atoms with Gasteiger partial charge in [-0.1, -0.05) is 19.1 Å². The number of carbonyl (C=O) groups excluding carboxylic acids is 1. The largest absolute Gasteiger partial charge is 0.497 e. The summed E-state index contributed by atoms with van der Waals surface area (Å²) in [5.74, 6) is 1.16. The third-order valence-corrected chi connectivity index (χ3v) is 7.63. The number of nitrogens with zero attached hydrogens (tertiary/aromatic N) is 2. The summed E-state index contributed by atoms with van der Waals surface area (Å²) in [5, 5.41) is 0. The number of sulfonamides is 1. The van der Waals surface area contributed by atoms with Crippen molar-refractivity contribution >= 4 is 15.9 Å². The first kappa shape index (κ1) is 19.2. The quantitative estimate of drug-likeness (QED) is 0.759. The molecule has 2 aliphatic rings. The molecule has 2 fully saturated rings. The molecule has 6 nitrogen and oxygen atoms in total. The first-order valence-electron chi connectivity index (χ1n) is 9.26. The van der Waals surface area contributed by atoms with Gasteiger partial charge in [0.2, 0.25) is 15.9 Å². The fourth-order valence-corrected chi connectivity index (χ4v) is 5.59. The molecule has 0 atom stereocenters. The molecule has 0 aliphatic carbocycles. The first-order chi connectivity index (χ1) is 12.4. The summed E-state index contributed by atoms with van der Waals surface area (Å²) in [4.78, 5) is 14.5. The predicted octanol–water partition coefficient (Wildman–Crippen LogP) is 2.25. The minimum absolute atomic E-state index is 0.0752. The second kappa shape index (κ2) is 7.56. The van der Waals surface area contributed by atoms with Crippen molar-refractivity contribution in [2.45, 2.75) is 39.2 Å². The molecule has 1 amide bonds. The topological polar surface area (TPSA) is 66.9 Å². The zero-order valence-corrected chi connectivity index (χ0v) is 16.4. The molecule has 0 N–H and O–H groups in total. The molecular formula is C19H28N2O4S. The Balaban J connectivity index is 1.63. The molecule has 2 aliphatic heterocycles. The molecule has 26 heavy (non-hydrogen) atoms. The Morgan fingerprint density at radius 1 is 1.23 bits per heavy atom. The van der Waals surface area contributed by atoms with Crippen molar-refractivity contribution in [3.8, 4) is 5.75 Å². The Kier molecular flexibility index (Phi) is 5.58. The van der Waals surface area contributed by atoms with E-state index in [1.807, 2.05) is 36.1 Å². The Morgan fingerprint density at radius 3 is 2.62 bits per heavy atom. The molecule has 2 saturated heterocycles. The highest BCUT2D eigenvalue weighted by atomic mass is 32.2. The van der Waals surface area contributed by atoms with Gasteiger partial charge >= 0.3 is 0 Å². The number of carbonyl (C=O) groups is 1. The number of piperidine rings is 1. The van der Waals surface area contributed by atoms with Crippen molar-refractivity contribution in [3.63, 3.8) is 0 Å². The number of hydrogen-bond donors (Lipinski definition) is 0. The van der Waals surface area contributed by atoms with E-state index in [0.717, 1.165) is 24.2 Å². The second-order valence-corrected chi connectivity index (χ2v) is 9.58. The molecule has 1 spiro atoms. The molecule has 1 aromatic carbocycles. The summed E-state index contributed by atoms with van der Waals surface area (Å²) >= 11 is 0. The van der Waals surface area contributed by atoms with Gasteiger partial charge in [-0.05, 0) is 42.4 Å². The average Bonchev–Trinajstić information content (AvgIpc) is 2.90. The van der Waals surface area contributed by atoms with Crippen molar-refractivity contribution in [2.75, 3.05) is 32.5 Å². The number of amides is 1. The van der Waals surface area contributed by atoms with Crippen molar-refractivity contribution < 1.29 is 17.9 Å². The van der Waals surface area contributed by atoms with E-state index in [0.29, 0.717) is 39.0 Å². The lowest BCUT2D eigenvalue weighted by atomic mass is 9.78. The molecule has 3 rings (SSSR count). The molecule has 1 aromatic rings. The maximum absolute atomic E-state index is 12.6. The van der Waals surface area contributed by atoms with Crippen LogP contribution in [0.5, 0.6) is 5.75 Å². The summed E-state index contributed by atoms with van der Waals surface area (Å²) in [5.41, 5.74) is 0.978. The zero-order valence-electron chi connectivity index (χ0n) is 15.6. The van der Waals surface area contributed by atoms with Gasteiger partial charge in [-0.25, -0.2) is 12.7 Å². The Morgan fingerprint density at radius 2 is 1.96 bits per heavy atom. The van der Waals surface area contributed by atoms with Crippen LogP contribution < -0.4 is 4.74 Å². The predicted molar refractivity (Wildman–Crippen MR) is 100 cm³/mol. The third kappa shape index (κ3) is 4.04. The number of ether oxygens (including phenoxy) is 1. The van der Waals surface area contributed by atoms with E-state index in [9.17, 15) is 13.2 Å². The molecule has 0 radical (unpaired) electrons. The van der Waals surface area contributed by atoms with E-state index in [1.54, 1.807) is 11.4 Å². The van der Waals surface area contributed by atoms with Crippen LogP contribution in [0.2, 0.25) is 0 Å². The monoisotopic (exact) mass is 380 g/mol. The molecular weight excluding hydrogens is 352 g/mol. The van der Waals surface area contributed by atoms with Crippen molar-refractivity contribution in [2.24, 2.45) is 5.41 Å². The smallest absolute Gasteiger partial charge is 0.223 e. The molecule has 0 saturated carbocycles. The summed E-state index contributed by atoms with van der Waals surface area (Å²) in [6.07, 6.45) is 2.68. The lowest BCUT2D eigenvalue weighted by Crippen LogP contribution is -2.44. The van der Waals surface area contributed by atoms with Crippen molar-refractivity contribution in [3.05, 3.63) is 29.8 Å². The standard InChI is InChI=1S/C19H28N2O4S/c1-3-11-26(23,24)21-9-7-19(8-10-21)13-18(22)20(15-19)14-16-5-4-6-17(12-16)25-2/h4-6,12H,3,7-11,13-15H2,1-2H3. The van der Waals surface area contributed by atoms with Gasteiger partial charge in [-0.3, -0.25) is 4.79 Å². The normalized spacial score (nSPS) is 20.7. The molecule has 0 bridgehead atoms. The fourth-order valence-electron chi connectivity index (χ4n) is 4.08.